The minimum absolute atomic E-state index is 0.350. The van der Waals surface area contributed by atoms with Crippen LogP contribution in [0.5, 0.6) is 0 Å². The van der Waals surface area contributed by atoms with Gasteiger partial charge in [0.2, 0.25) is 0 Å². The SMILES string of the molecule is CCCNC(CSc1ccc(Br)cc1)Cc1nnn(C)n1. The fourth-order valence-electron chi connectivity index (χ4n) is 1.89. The summed E-state index contributed by atoms with van der Waals surface area (Å²) in [4.78, 5) is 2.78. The molecule has 114 valence electrons. The summed E-state index contributed by atoms with van der Waals surface area (Å²) in [5.41, 5.74) is 0. The first-order valence-corrected chi connectivity index (χ1v) is 8.80. The van der Waals surface area contributed by atoms with Gasteiger partial charge in [-0.05, 0) is 42.4 Å². The Morgan fingerprint density at radius 3 is 2.71 bits per heavy atom. The molecule has 0 saturated heterocycles. The fourth-order valence-corrected chi connectivity index (χ4v) is 3.11. The summed E-state index contributed by atoms with van der Waals surface area (Å²) in [5, 5.41) is 15.8. The van der Waals surface area contributed by atoms with E-state index in [-0.39, 0.29) is 0 Å². The third-order valence-electron chi connectivity index (χ3n) is 2.93. The molecule has 0 amide bonds. The third-order valence-corrected chi connectivity index (χ3v) is 4.63. The van der Waals surface area contributed by atoms with Crippen molar-refractivity contribution in [1.29, 1.82) is 0 Å². The number of rotatable bonds is 8. The number of benzene rings is 1. The van der Waals surface area contributed by atoms with Crippen molar-refractivity contribution in [3.05, 3.63) is 34.6 Å². The molecule has 0 radical (unpaired) electrons. The molecule has 0 aliphatic rings. The Balaban J connectivity index is 1.90. The zero-order chi connectivity index (χ0) is 15.1. The summed E-state index contributed by atoms with van der Waals surface area (Å²) in [5.74, 6) is 1.78. The molecule has 1 heterocycles. The number of aryl methyl sites for hydroxylation is 1. The number of thioether (sulfide) groups is 1. The highest BCUT2D eigenvalue weighted by Crippen LogP contribution is 2.21. The molecule has 0 fully saturated rings. The fraction of sp³-hybridized carbons (Fsp3) is 0.500. The van der Waals surface area contributed by atoms with Gasteiger partial charge in [-0.15, -0.1) is 22.0 Å². The van der Waals surface area contributed by atoms with Crippen LogP contribution in [0.25, 0.3) is 0 Å². The topological polar surface area (TPSA) is 55.6 Å². The second-order valence-corrected chi connectivity index (χ2v) is 6.82. The molecule has 21 heavy (non-hydrogen) atoms. The normalized spacial score (nSPS) is 12.5. The van der Waals surface area contributed by atoms with E-state index in [9.17, 15) is 0 Å². The number of aromatic nitrogens is 4. The molecule has 1 N–H and O–H groups in total. The van der Waals surface area contributed by atoms with Gasteiger partial charge in [-0.2, -0.15) is 4.80 Å². The van der Waals surface area contributed by atoms with Crippen LogP contribution in [0.3, 0.4) is 0 Å². The molecule has 1 unspecified atom stereocenters. The van der Waals surface area contributed by atoms with Crippen LogP contribution in [-0.4, -0.2) is 38.5 Å². The predicted molar refractivity (Wildman–Crippen MR) is 89.4 cm³/mol. The standard InChI is InChI=1S/C14H20BrN5S/c1-3-8-16-12(9-14-17-19-20(2)18-14)10-21-13-6-4-11(15)5-7-13/h4-7,12,16H,3,8-10H2,1-2H3. The molecule has 7 heteroatoms. The summed E-state index contributed by atoms with van der Waals surface area (Å²) in [6.07, 6.45) is 1.92. The highest BCUT2D eigenvalue weighted by atomic mass is 79.9. The van der Waals surface area contributed by atoms with E-state index in [2.05, 4.69) is 67.8 Å². The minimum Gasteiger partial charge on any atom is -0.313 e. The van der Waals surface area contributed by atoms with Crippen LogP contribution in [0.1, 0.15) is 19.2 Å². The van der Waals surface area contributed by atoms with Gasteiger partial charge in [0.05, 0.1) is 7.05 Å². The Hall–Kier alpha value is -0.920. The first-order valence-electron chi connectivity index (χ1n) is 7.02. The van der Waals surface area contributed by atoms with Gasteiger partial charge < -0.3 is 5.32 Å². The monoisotopic (exact) mass is 369 g/mol. The highest BCUT2D eigenvalue weighted by Gasteiger charge is 2.13. The van der Waals surface area contributed by atoms with Crippen LogP contribution >= 0.6 is 27.7 Å². The highest BCUT2D eigenvalue weighted by molar-refractivity contribution is 9.10. The summed E-state index contributed by atoms with van der Waals surface area (Å²) >= 11 is 5.31. The van der Waals surface area contributed by atoms with Gasteiger partial charge in [-0.25, -0.2) is 0 Å². The Kier molecular flexibility index (Phi) is 6.66. The van der Waals surface area contributed by atoms with Gasteiger partial charge in [0.25, 0.3) is 0 Å². The molecule has 0 aliphatic heterocycles. The largest absolute Gasteiger partial charge is 0.313 e. The molecule has 1 aromatic carbocycles. The Labute approximate surface area is 138 Å². The molecule has 1 atom stereocenters. The maximum Gasteiger partial charge on any atom is 0.176 e. The minimum atomic E-state index is 0.350. The van der Waals surface area contributed by atoms with Crippen LogP contribution in [0, 0.1) is 0 Å². The van der Waals surface area contributed by atoms with E-state index in [1.54, 1.807) is 7.05 Å². The lowest BCUT2D eigenvalue weighted by atomic mass is 10.2. The molecule has 5 nitrogen and oxygen atoms in total. The van der Waals surface area contributed by atoms with Crippen molar-refractivity contribution in [2.24, 2.45) is 7.05 Å². The van der Waals surface area contributed by atoms with Crippen molar-refractivity contribution in [3.63, 3.8) is 0 Å². The van der Waals surface area contributed by atoms with E-state index in [0.717, 1.165) is 35.4 Å². The Bertz CT molecular complexity index is 543. The number of hydrogen-bond acceptors (Lipinski definition) is 5. The van der Waals surface area contributed by atoms with Crippen molar-refractivity contribution >= 4 is 27.7 Å². The second kappa shape index (κ2) is 8.51. The quantitative estimate of drug-likeness (QED) is 0.724. The maximum atomic E-state index is 4.26. The molecule has 0 aliphatic carbocycles. The van der Waals surface area contributed by atoms with Gasteiger partial charge in [-0.1, -0.05) is 22.9 Å². The average Bonchev–Trinajstić information content (AvgIpc) is 2.89. The van der Waals surface area contributed by atoms with Crippen LogP contribution in [0.4, 0.5) is 0 Å². The number of halogens is 1. The number of hydrogen-bond donors (Lipinski definition) is 1. The molecule has 0 saturated carbocycles. The van der Waals surface area contributed by atoms with Crippen molar-refractivity contribution < 1.29 is 0 Å². The maximum absolute atomic E-state index is 4.26. The molecular weight excluding hydrogens is 350 g/mol. The summed E-state index contributed by atoms with van der Waals surface area (Å²) < 4.78 is 1.11. The van der Waals surface area contributed by atoms with Gasteiger partial charge in [-0.3, -0.25) is 0 Å². The third kappa shape index (κ3) is 5.76. The van der Waals surface area contributed by atoms with Gasteiger partial charge in [0, 0.05) is 27.6 Å². The van der Waals surface area contributed by atoms with Gasteiger partial charge >= 0.3 is 0 Å². The zero-order valence-corrected chi connectivity index (χ0v) is 14.7. The smallest absolute Gasteiger partial charge is 0.176 e. The van der Waals surface area contributed by atoms with E-state index >= 15 is 0 Å². The summed E-state index contributed by atoms with van der Waals surface area (Å²) in [6.45, 7) is 3.18. The van der Waals surface area contributed by atoms with Crippen molar-refractivity contribution in [2.75, 3.05) is 12.3 Å². The van der Waals surface area contributed by atoms with Crippen LogP contribution in [0.2, 0.25) is 0 Å². The Morgan fingerprint density at radius 1 is 1.33 bits per heavy atom. The van der Waals surface area contributed by atoms with E-state index in [4.69, 9.17) is 0 Å². The lowest BCUT2D eigenvalue weighted by Crippen LogP contribution is -2.34. The molecule has 0 spiro atoms. The average molecular weight is 370 g/mol. The lowest BCUT2D eigenvalue weighted by Gasteiger charge is -2.16. The molecule has 2 aromatic rings. The van der Waals surface area contributed by atoms with E-state index < -0.39 is 0 Å². The van der Waals surface area contributed by atoms with E-state index in [0.29, 0.717) is 6.04 Å². The number of tetrazole rings is 1. The van der Waals surface area contributed by atoms with Crippen LogP contribution < -0.4 is 5.32 Å². The Morgan fingerprint density at radius 2 is 2.10 bits per heavy atom. The number of nitrogens with one attached hydrogen (secondary N) is 1. The molecule has 2 rings (SSSR count). The molecule has 1 aromatic heterocycles. The molecular formula is C14H20BrN5S. The van der Waals surface area contributed by atoms with Crippen LogP contribution in [0.15, 0.2) is 33.6 Å². The molecule has 0 bridgehead atoms. The van der Waals surface area contributed by atoms with E-state index in [1.165, 1.54) is 9.69 Å². The van der Waals surface area contributed by atoms with Crippen molar-refractivity contribution in [2.45, 2.75) is 30.7 Å². The first kappa shape index (κ1) is 16.5. The van der Waals surface area contributed by atoms with Crippen LogP contribution in [-0.2, 0) is 13.5 Å². The first-order chi connectivity index (χ1) is 10.2. The second-order valence-electron chi connectivity index (χ2n) is 4.82. The van der Waals surface area contributed by atoms with E-state index in [1.807, 2.05) is 11.8 Å². The summed E-state index contributed by atoms with van der Waals surface area (Å²) in [6, 6.07) is 8.75. The van der Waals surface area contributed by atoms with Gasteiger partial charge in [0.15, 0.2) is 5.82 Å². The van der Waals surface area contributed by atoms with Gasteiger partial charge in [0.1, 0.15) is 0 Å². The zero-order valence-electron chi connectivity index (χ0n) is 12.3. The summed E-state index contributed by atoms with van der Waals surface area (Å²) in [7, 11) is 1.79. The van der Waals surface area contributed by atoms with Crippen molar-refractivity contribution in [3.8, 4) is 0 Å². The predicted octanol–water partition coefficient (Wildman–Crippen LogP) is 2.68. The lowest BCUT2D eigenvalue weighted by molar-refractivity contribution is 0.537. The number of nitrogens with zero attached hydrogens (tertiary/aromatic N) is 4. The van der Waals surface area contributed by atoms with Crippen molar-refractivity contribution in [1.82, 2.24) is 25.5 Å².